The Morgan fingerprint density at radius 1 is 0.824 bits per heavy atom. The van der Waals surface area contributed by atoms with Gasteiger partial charge in [0.2, 0.25) is 5.78 Å². The van der Waals surface area contributed by atoms with Crippen LogP contribution in [0.1, 0.15) is 17.0 Å². The maximum atomic E-state index is 13.4. The summed E-state index contributed by atoms with van der Waals surface area (Å²) in [4.78, 5) is 22.9. The molecule has 34 heavy (non-hydrogen) atoms. The van der Waals surface area contributed by atoms with Gasteiger partial charge in [-0.1, -0.05) is 53.7 Å². The summed E-state index contributed by atoms with van der Waals surface area (Å²) in [5.74, 6) is 1.07. The topological polar surface area (TPSA) is 78.0 Å². The van der Waals surface area contributed by atoms with Crippen LogP contribution in [0, 0.1) is 13.8 Å². The first-order valence-corrected chi connectivity index (χ1v) is 11.9. The van der Waals surface area contributed by atoms with Gasteiger partial charge in [0.05, 0.1) is 39.0 Å². The van der Waals surface area contributed by atoms with Crippen molar-refractivity contribution >= 4 is 39.5 Å². The predicted molar refractivity (Wildman–Crippen MR) is 135 cm³/mol. The van der Waals surface area contributed by atoms with Gasteiger partial charge < -0.3 is 0 Å². The maximum absolute atomic E-state index is 13.4. The van der Waals surface area contributed by atoms with E-state index < -0.39 is 0 Å². The summed E-state index contributed by atoms with van der Waals surface area (Å²) in [7, 11) is 0. The summed E-state index contributed by atoms with van der Waals surface area (Å²) in [5, 5.41) is 10.2. The third kappa shape index (κ3) is 3.34. The van der Waals surface area contributed by atoms with Crippen LogP contribution < -0.4 is 5.56 Å². The zero-order valence-electron chi connectivity index (χ0n) is 18.6. The van der Waals surface area contributed by atoms with E-state index in [4.69, 9.17) is 9.97 Å². The van der Waals surface area contributed by atoms with Gasteiger partial charge in [-0.2, -0.15) is 0 Å². The highest BCUT2D eigenvalue weighted by atomic mass is 32.2. The standard InChI is InChI=1S/C26H20N6OS/c1-16-11-13-18(14-12-16)31-24(33)19-7-3-6-10-23(19)32-25(31)29-30-26(32)34-15-22-17(2)27-20-8-4-5-9-21(20)28-22/h3-14H,15H2,1-2H3. The Bertz CT molecular complexity index is 1750. The minimum atomic E-state index is -0.118. The minimum absolute atomic E-state index is 0.118. The molecule has 166 valence electrons. The van der Waals surface area contributed by atoms with Crippen LogP contribution in [0.25, 0.3) is 33.4 Å². The summed E-state index contributed by atoms with van der Waals surface area (Å²) in [6, 6.07) is 23.3. The zero-order valence-corrected chi connectivity index (χ0v) is 19.5. The molecule has 3 aromatic heterocycles. The Morgan fingerprint density at radius 3 is 2.32 bits per heavy atom. The van der Waals surface area contributed by atoms with Crippen LogP contribution in [0.2, 0.25) is 0 Å². The molecule has 7 nitrogen and oxygen atoms in total. The second-order valence-electron chi connectivity index (χ2n) is 8.14. The quantitative estimate of drug-likeness (QED) is 0.346. The van der Waals surface area contributed by atoms with Gasteiger partial charge in [0.1, 0.15) is 0 Å². The van der Waals surface area contributed by atoms with E-state index in [0.717, 1.165) is 39.2 Å². The van der Waals surface area contributed by atoms with Crippen molar-refractivity contribution in [2.75, 3.05) is 0 Å². The van der Waals surface area contributed by atoms with Crippen LogP contribution in [-0.4, -0.2) is 29.1 Å². The van der Waals surface area contributed by atoms with E-state index in [1.54, 1.807) is 4.57 Å². The summed E-state index contributed by atoms with van der Waals surface area (Å²) < 4.78 is 3.57. The predicted octanol–water partition coefficient (Wildman–Crippen LogP) is 4.89. The zero-order chi connectivity index (χ0) is 23.2. The molecule has 0 radical (unpaired) electrons. The van der Waals surface area contributed by atoms with Gasteiger partial charge in [0.25, 0.3) is 5.56 Å². The van der Waals surface area contributed by atoms with Gasteiger partial charge in [-0.15, -0.1) is 10.2 Å². The summed E-state index contributed by atoms with van der Waals surface area (Å²) in [6.07, 6.45) is 0. The van der Waals surface area contributed by atoms with Gasteiger partial charge >= 0.3 is 0 Å². The number of para-hydroxylation sites is 3. The largest absolute Gasteiger partial charge is 0.268 e. The van der Waals surface area contributed by atoms with E-state index in [-0.39, 0.29) is 5.56 Å². The van der Waals surface area contributed by atoms with E-state index in [1.165, 1.54) is 11.8 Å². The molecule has 0 saturated carbocycles. The second kappa shape index (κ2) is 8.07. The average Bonchev–Trinajstić information content (AvgIpc) is 3.28. The van der Waals surface area contributed by atoms with Gasteiger partial charge in [-0.3, -0.25) is 9.20 Å². The molecule has 0 N–H and O–H groups in total. The van der Waals surface area contributed by atoms with E-state index >= 15 is 0 Å². The molecule has 0 spiro atoms. The summed E-state index contributed by atoms with van der Waals surface area (Å²) in [6.45, 7) is 3.99. The van der Waals surface area contributed by atoms with E-state index in [0.29, 0.717) is 22.1 Å². The van der Waals surface area contributed by atoms with Crippen molar-refractivity contribution < 1.29 is 0 Å². The van der Waals surface area contributed by atoms with Crippen LogP contribution in [0.5, 0.6) is 0 Å². The summed E-state index contributed by atoms with van der Waals surface area (Å²) in [5.41, 5.74) is 6.08. The molecule has 0 saturated heterocycles. The van der Waals surface area contributed by atoms with Crippen LogP contribution in [0.15, 0.2) is 82.7 Å². The fourth-order valence-corrected chi connectivity index (χ4v) is 5.04. The Kier molecular flexibility index (Phi) is 4.88. The van der Waals surface area contributed by atoms with Crippen molar-refractivity contribution in [3.8, 4) is 5.69 Å². The lowest BCUT2D eigenvalue weighted by Crippen LogP contribution is -2.21. The molecule has 0 aliphatic rings. The van der Waals surface area contributed by atoms with Crippen molar-refractivity contribution in [2.45, 2.75) is 24.8 Å². The number of hydrogen-bond acceptors (Lipinski definition) is 6. The maximum Gasteiger partial charge on any atom is 0.267 e. The molecule has 0 unspecified atom stereocenters. The van der Waals surface area contributed by atoms with Gasteiger partial charge in [-0.25, -0.2) is 14.5 Å². The number of benzene rings is 3. The number of nitrogens with zero attached hydrogens (tertiary/aromatic N) is 6. The number of fused-ring (bicyclic) bond motifs is 4. The molecule has 0 fully saturated rings. The van der Waals surface area contributed by atoms with Gasteiger partial charge in [0.15, 0.2) is 5.16 Å². The van der Waals surface area contributed by atoms with Crippen molar-refractivity contribution in [2.24, 2.45) is 0 Å². The molecule has 3 aromatic carbocycles. The second-order valence-corrected chi connectivity index (χ2v) is 9.09. The van der Waals surface area contributed by atoms with Gasteiger partial charge in [0, 0.05) is 5.75 Å². The fraction of sp³-hybridized carbons (Fsp3) is 0.115. The van der Waals surface area contributed by atoms with Crippen LogP contribution in [0.4, 0.5) is 0 Å². The van der Waals surface area contributed by atoms with Crippen LogP contribution in [0.3, 0.4) is 0 Å². The first-order chi connectivity index (χ1) is 16.6. The molecule has 0 aliphatic carbocycles. The number of hydrogen-bond donors (Lipinski definition) is 0. The number of thioether (sulfide) groups is 1. The monoisotopic (exact) mass is 464 g/mol. The lowest BCUT2D eigenvalue weighted by Gasteiger charge is -2.11. The highest BCUT2D eigenvalue weighted by Crippen LogP contribution is 2.26. The Morgan fingerprint density at radius 2 is 1.53 bits per heavy atom. The number of aromatic nitrogens is 6. The SMILES string of the molecule is Cc1ccc(-n2c(=O)c3ccccc3n3c(SCc4nc5ccccc5nc4C)nnc23)cc1. The molecule has 0 bridgehead atoms. The first-order valence-electron chi connectivity index (χ1n) is 10.9. The molecule has 3 heterocycles. The molecule has 6 aromatic rings. The minimum Gasteiger partial charge on any atom is -0.268 e. The lowest BCUT2D eigenvalue weighted by atomic mass is 10.2. The molecular weight excluding hydrogens is 444 g/mol. The lowest BCUT2D eigenvalue weighted by molar-refractivity contribution is 0.928. The van der Waals surface area contributed by atoms with Crippen LogP contribution >= 0.6 is 11.8 Å². The van der Waals surface area contributed by atoms with Gasteiger partial charge in [-0.05, 0) is 50.2 Å². The van der Waals surface area contributed by atoms with E-state index in [1.807, 2.05) is 91.0 Å². The van der Waals surface area contributed by atoms with Crippen molar-refractivity contribution in [3.63, 3.8) is 0 Å². The molecule has 6 rings (SSSR count). The first kappa shape index (κ1) is 20.6. The highest BCUT2D eigenvalue weighted by molar-refractivity contribution is 7.98. The number of rotatable bonds is 4. The molecule has 0 aliphatic heterocycles. The highest BCUT2D eigenvalue weighted by Gasteiger charge is 2.18. The third-order valence-electron chi connectivity index (χ3n) is 5.87. The molecule has 0 atom stereocenters. The Hall–Kier alpha value is -4.04. The Balaban J connectivity index is 1.50. The molecular formula is C26H20N6OS. The van der Waals surface area contributed by atoms with Crippen molar-refractivity contribution in [1.82, 2.24) is 29.1 Å². The normalized spacial score (nSPS) is 11.6. The fourth-order valence-electron chi connectivity index (χ4n) is 4.09. The van der Waals surface area contributed by atoms with E-state index in [9.17, 15) is 4.79 Å². The number of aryl methyl sites for hydroxylation is 2. The summed E-state index contributed by atoms with van der Waals surface area (Å²) >= 11 is 1.53. The van der Waals surface area contributed by atoms with Crippen molar-refractivity contribution in [1.29, 1.82) is 0 Å². The smallest absolute Gasteiger partial charge is 0.267 e. The molecule has 8 heteroatoms. The van der Waals surface area contributed by atoms with Crippen molar-refractivity contribution in [3.05, 3.63) is 100 Å². The average molecular weight is 465 g/mol. The van der Waals surface area contributed by atoms with E-state index in [2.05, 4.69) is 10.2 Å². The Labute approximate surface area is 199 Å². The van der Waals surface area contributed by atoms with Crippen LogP contribution in [-0.2, 0) is 5.75 Å². The third-order valence-corrected chi connectivity index (χ3v) is 6.81. The molecule has 0 amide bonds.